The monoisotopic (exact) mass is 145 g/mol. The Balaban J connectivity index is 2.50. The van der Waals surface area contributed by atoms with E-state index in [0.717, 1.165) is 12.8 Å². The van der Waals surface area contributed by atoms with Crippen molar-refractivity contribution >= 4 is 6.08 Å². The lowest BCUT2D eigenvalue weighted by atomic mass is 10.2. The molecule has 0 saturated heterocycles. The molecule has 0 atom stereocenters. The number of unbranched alkanes of at least 4 members (excludes halogenated alkanes) is 1. The third-order valence-corrected chi connectivity index (χ3v) is 1.48. The lowest BCUT2D eigenvalue weighted by Crippen LogP contribution is -1.68. The van der Waals surface area contributed by atoms with Crippen molar-refractivity contribution in [2.24, 2.45) is 0 Å². The second kappa shape index (κ2) is 4.73. The highest BCUT2D eigenvalue weighted by atomic mass is 13.9. The van der Waals surface area contributed by atoms with Gasteiger partial charge >= 0.3 is 0 Å². The van der Waals surface area contributed by atoms with E-state index in [2.05, 4.69) is 31.2 Å². The average Bonchev–Trinajstić information content (AvgIpc) is 2.07. The van der Waals surface area contributed by atoms with Crippen molar-refractivity contribution in [1.29, 1.82) is 0 Å². The number of benzene rings is 1. The van der Waals surface area contributed by atoms with Crippen LogP contribution in [0.25, 0.3) is 6.08 Å². The molecule has 0 fully saturated rings. The lowest BCUT2D eigenvalue weighted by molar-refractivity contribution is 1.06. The summed E-state index contributed by atoms with van der Waals surface area (Å²) in [5.41, 5.74) is 1.26. The van der Waals surface area contributed by atoms with Gasteiger partial charge in [0.25, 0.3) is 0 Å². The molecule has 0 saturated carbocycles. The summed E-state index contributed by atoms with van der Waals surface area (Å²) in [6, 6.07) is 10.3. The van der Waals surface area contributed by atoms with Crippen LogP contribution in [0.5, 0.6) is 0 Å². The van der Waals surface area contributed by atoms with Crippen LogP contribution in [0.1, 0.15) is 18.4 Å². The van der Waals surface area contributed by atoms with Crippen LogP contribution in [-0.2, 0) is 0 Å². The molecule has 0 heteroatoms. The van der Waals surface area contributed by atoms with Gasteiger partial charge in [-0.3, -0.25) is 0 Å². The van der Waals surface area contributed by atoms with E-state index in [1.807, 2.05) is 18.2 Å². The molecule has 0 heterocycles. The van der Waals surface area contributed by atoms with E-state index in [9.17, 15) is 0 Å². The SMILES string of the molecule is [CH2]CCC=Cc1ccccc1. The minimum Gasteiger partial charge on any atom is -0.0839 e. The number of rotatable bonds is 3. The van der Waals surface area contributed by atoms with Gasteiger partial charge in [0, 0.05) is 0 Å². The Morgan fingerprint density at radius 1 is 1.18 bits per heavy atom. The first-order chi connectivity index (χ1) is 5.43. The van der Waals surface area contributed by atoms with E-state index < -0.39 is 0 Å². The van der Waals surface area contributed by atoms with Crippen molar-refractivity contribution in [2.75, 3.05) is 0 Å². The molecule has 11 heavy (non-hydrogen) atoms. The first kappa shape index (κ1) is 8.06. The lowest BCUT2D eigenvalue weighted by Gasteiger charge is -1.89. The van der Waals surface area contributed by atoms with Gasteiger partial charge in [-0.25, -0.2) is 0 Å². The Morgan fingerprint density at radius 3 is 2.55 bits per heavy atom. The van der Waals surface area contributed by atoms with Crippen LogP contribution in [0.15, 0.2) is 36.4 Å². The van der Waals surface area contributed by atoms with Crippen molar-refractivity contribution in [3.63, 3.8) is 0 Å². The zero-order valence-electron chi connectivity index (χ0n) is 6.66. The Morgan fingerprint density at radius 2 is 1.91 bits per heavy atom. The predicted octanol–water partition coefficient (Wildman–Crippen LogP) is 3.31. The highest BCUT2D eigenvalue weighted by Crippen LogP contribution is 2.02. The van der Waals surface area contributed by atoms with Gasteiger partial charge < -0.3 is 0 Å². The van der Waals surface area contributed by atoms with E-state index in [-0.39, 0.29) is 0 Å². The molecule has 0 aliphatic carbocycles. The third-order valence-electron chi connectivity index (χ3n) is 1.48. The highest BCUT2D eigenvalue weighted by Gasteiger charge is 1.80. The van der Waals surface area contributed by atoms with E-state index in [1.165, 1.54) is 5.56 Å². The van der Waals surface area contributed by atoms with E-state index in [0.29, 0.717) is 0 Å². The zero-order valence-corrected chi connectivity index (χ0v) is 6.66. The summed E-state index contributed by atoms with van der Waals surface area (Å²) in [5.74, 6) is 0. The van der Waals surface area contributed by atoms with Gasteiger partial charge in [0.1, 0.15) is 0 Å². The zero-order chi connectivity index (χ0) is 7.94. The summed E-state index contributed by atoms with van der Waals surface area (Å²) >= 11 is 0. The van der Waals surface area contributed by atoms with E-state index >= 15 is 0 Å². The Bertz CT molecular complexity index is 209. The molecule has 0 bridgehead atoms. The largest absolute Gasteiger partial charge is 0.0839 e. The summed E-state index contributed by atoms with van der Waals surface area (Å²) in [6.45, 7) is 3.77. The first-order valence-electron chi connectivity index (χ1n) is 3.94. The molecule has 0 aliphatic rings. The van der Waals surface area contributed by atoms with Gasteiger partial charge in [-0.2, -0.15) is 0 Å². The van der Waals surface area contributed by atoms with Crippen molar-refractivity contribution in [3.05, 3.63) is 48.9 Å². The molecule has 1 aromatic carbocycles. The maximum atomic E-state index is 3.77. The third kappa shape index (κ3) is 3.03. The topological polar surface area (TPSA) is 0 Å². The fraction of sp³-hybridized carbons (Fsp3) is 0.182. The van der Waals surface area contributed by atoms with Crippen molar-refractivity contribution in [3.8, 4) is 0 Å². The second-order valence-corrected chi connectivity index (χ2v) is 2.46. The van der Waals surface area contributed by atoms with Gasteiger partial charge in [-0.05, 0) is 18.4 Å². The van der Waals surface area contributed by atoms with Crippen LogP contribution in [0.3, 0.4) is 0 Å². The summed E-state index contributed by atoms with van der Waals surface area (Å²) in [7, 11) is 0. The Hall–Kier alpha value is -1.04. The standard InChI is InChI=1S/C11H13/c1-2-3-5-8-11-9-6-4-7-10-11/h4-10H,1-3H2. The van der Waals surface area contributed by atoms with Gasteiger partial charge in [-0.1, -0.05) is 49.4 Å². The normalized spacial score (nSPS) is 10.6. The summed E-state index contributed by atoms with van der Waals surface area (Å²) in [5, 5.41) is 0. The van der Waals surface area contributed by atoms with Crippen LogP contribution < -0.4 is 0 Å². The molecule has 0 aromatic heterocycles. The molecule has 57 valence electrons. The van der Waals surface area contributed by atoms with Crippen LogP contribution >= 0.6 is 0 Å². The predicted molar refractivity (Wildman–Crippen MR) is 50.1 cm³/mol. The minimum absolute atomic E-state index is 0.976. The molecular formula is C11H13. The summed E-state index contributed by atoms with van der Waals surface area (Å²) in [6.07, 6.45) is 6.33. The molecule has 0 nitrogen and oxygen atoms in total. The maximum Gasteiger partial charge on any atom is -0.0260 e. The van der Waals surface area contributed by atoms with Crippen molar-refractivity contribution < 1.29 is 0 Å². The van der Waals surface area contributed by atoms with E-state index in [4.69, 9.17) is 0 Å². The molecule has 0 unspecified atom stereocenters. The second-order valence-electron chi connectivity index (χ2n) is 2.46. The minimum atomic E-state index is 0.976. The number of allylic oxidation sites excluding steroid dienone is 1. The van der Waals surface area contributed by atoms with Gasteiger partial charge in [0.2, 0.25) is 0 Å². The average molecular weight is 145 g/mol. The molecule has 0 spiro atoms. The summed E-state index contributed by atoms with van der Waals surface area (Å²) in [4.78, 5) is 0. The van der Waals surface area contributed by atoms with Gasteiger partial charge in [0.05, 0.1) is 0 Å². The molecule has 1 aromatic rings. The van der Waals surface area contributed by atoms with Crippen LogP contribution in [0, 0.1) is 6.92 Å². The van der Waals surface area contributed by atoms with E-state index in [1.54, 1.807) is 0 Å². The molecule has 0 aliphatic heterocycles. The molecular weight excluding hydrogens is 132 g/mol. The maximum absolute atomic E-state index is 3.77. The van der Waals surface area contributed by atoms with Gasteiger partial charge in [0.15, 0.2) is 0 Å². The van der Waals surface area contributed by atoms with Crippen LogP contribution in [0.4, 0.5) is 0 Å². The first-order valence-corrected chi connectivity index (χ1v) is 3.94. The smallest absolute Gasteiger partial charge is 0.0260 e. The summed E-state index contributed by atoms with van der Waals surface area (Å²) < 4.78 is 0. The highest BCUT2D eigenvalue weighted by molar-refractivity contribution is 5.48. The van der Waals surface area contributed by atoms with Crippen LogP contribution in [-0.4, -0.2) is 0 Å². The molecule has 1 rings (SSSR count). The van der Waals surface area contributed by atoms with Gasteiger partial charge in [-0.15, -0.1) is 0 Å². The van der Waals surface area contributed by atoms with Crippen molar-refractivity contribution in [1.82, 2.24) is 0 Å². The fourth-order valence-electron chi connectivity index (χ4n) is 0.901. The fourth-order valence-corrected chi connectivity index (χ4v) is 0.901. The molecule has 0 amide bonds. The quantitative estimate of drug-likeness (QED) is 0.612. The Labute approximate surface area is 68.6 Å². The number of hydrogen-bond donors (Lipinski definition) is 0. The molecule has 1 radical (unpaired) electrons. The molecule has 0 N–H and O–H groups in total. The Kier molecular flexibility index (Phi) is 3.46. The van der Waals surface area contributed by atoms with Crippen molar-refractivity contribution in [2.45, 2.75) is 12.8 Å². The van der Waals surface area contributed by atoms with Crippen LogP contribution in [0.2, 0.25) is 0 Å². The number of hydrogen-bond acceptors (Lipinski definition) is 0.